The number of imidazole rings is 1. The summed E-state index contributed by atoms with van der Waals surface area (Å²) in [7, 11) is 0. The number of nitrogens with zero attached hydrogens (tertiary/aromatic N) is 2. The van der Waals surface area contributed by atoms with Crippen molar-refractivity contribution in [3.63, 3.8) is 0 Å². The number of carbonyl (C=O) groups excluding carboxylic acids is 1. The molecule has 0 amide bonds. The number of aromatic nitrogens is 2. The van der Waals surface area contributed by atoms with Gasteiger partial charge in [0.05, 0.1) is 35.9 Å². The van der Waals surface area contributed by atoms with Crippen LogP contribution in [0.4, 0.5) is 5.95 Å². The predicted octanol–water partition coefficient (Wildman–Crippen LogP) is 5.24. The molecule has 0 radical (unpaired) electrons. The normalized spacial score (nSPS) is 15.1. The lowest BCUT2D eigenvalue weighted by Gasteiger charge is -2.30. The van der Waals surface area contributed by atoms with Gasteiger partial charge in [0.25, 0.3) is 0 Å². The monoisotopic (exact) mass is 447 g/mol. The fraction of sp³-hybridized carbons (Fsp3) is 0.308. The van der Waals surface area contributed by atoms with Crippen LogP contribution in [-0.4, -0.2) is 35.3 Å². The van der Waals surface area contributed by atoms with E-state index >= 15 is 0 Å². The molecule has 33 heavy (non-hydrogen) atoms. The third kappa shape index (κ3) is 4.31. The molecule has 7 nitrogen and oxygen atoms in total. The van der Waals surface area contributed by atoms with Gasteiger partial charge in [0.2, 0.25) is 5.95 Å². The molecule has 7 heteroatoms. The van der Waals surface area contributed by atoms with Gasteiger partial charge in [0.15, 0.2) is 11.5 Å². The highest BCUT2D eigenvalue weighted by atomic mass is 16.5. The minimum absolute atomic E-state index is 0.133. The van der Waals surface area contributed by atoms with Crippen LogP contribution in [0.15, 0.2) is 66.4 Å². The second-order valence-corrected chi connectivity index (χ2v) is 7.74. The average Bonchev–Trinajstić information content (AvgIpc) is 3.18. The molecule has 172 valence electrons. The summed E-state index contributed by atoms with van der Waals surface area (Å²) in [5.74, 6) is 1.59. The molecule has 1 N–H and O–H groups in total. The highest BCUT2D eigenvalue weighted by Gasteiger charge is 2.35. The molecule has 0 unspecified atom stereocenters. The van der Waals surface area contributed by atoms with Crippen molar-refractivity contribution in [1.29, 1.82) is 0 Å². The number of allylic oxidation sites excluding steroid dienone is 1. The van der Waals surface area contributed by atoms with E-state index in [1.165, 1.54) is 0 Å². The molecule has 1 aromatic heterocycles. The van der Waals surface area contributed by atoms with Crippen molar-refractivity contribution < 1.29 is 19.0 Å². The van der Waals surface area contributed by atoms with Crippen molar-refractivity contribution in [2.75, 3.05) is 25.1 Å². The molecule has 2 heterocycles. The Labute approximate surface area is 193 Å². The van der Waals surface area contributed by atoms with Gasteiger partial charge in [-0.15, -0.1) is 0 Å². The summed E-state index contributed by atoms with van der Waals surface area (Å²) >= 11 is 0. The Balaban J connectivity index is 1.89. The molecular formula is C26H29N3O4. The lowest BCUT2D eigenvalue weighted by molar-refractivity contribution is -0.138. The van der Waals surface area contributed by atoms with Gasteiger partial charge in [-0.05, 0) is 50.1 Å². The van der Waals surface area contributed by atoms with Gasteiger partial charge in [-0.3, -0.25) is 4.57 Å². The molecule has 0 fully saturated rings. The summed E-state index contributed by atoms with van der Waals surface area (Å²) in [4.78, 5) is 17.9. The standard InChI is InChI=1S/C26H29N3O4/c1-5-14-32-21-13-12-18(16-22(21)31-7-3)24-23(25(30)33-15-6-2)17(4)27-26-28-19-10-8-9-11-20(19)29(24)26/h6,8-13,16,24H,2,5,7,14-15H2,1,3-4H3,(H,27,28)/t24-/m1/s1. The number of hydrogen-bond acceptors (Lipinski definition) is 6. The lowest BCUT2D eigenvalue weighted by atomic mass is 9.94. The van der Waals surface area contributed by atoms with Gasteiger partial charge in [-0.2, -0.15) is 0 Å². The third-order valence-electron chi connectivity index (χ3n) is 5.43. The van der Waals surface area contributed by atoms with Gasteiger partial charge in [0.1, 0.15) is 6.61 Å². The van der Waals surface area contributed by atoms with Crippen molar-refractivity contribution in [3.8, 4) is 11.5 Å². The number of ether oxygens (including phenoxy) is 3. The number of anilines is 1. The van der Waals surface area contributed by atoms with Crippen LogP contribution in [0.3, 0.4) is 0 Å². The summed E-state index contributed by atoms with van der Waals surface area (Å²) in [6.45, 7) is 10.7. The number of fused-ring (bicyclic) bond motifs is 3. The van der Waals surface area contributed by atoms with Crippen LogP contribution < -0.4 is 14.8 Å². The van der Waals surface area contributed by atoms with E-state index in [-0.39, 0.29) is 6.61 Å². The molecule has 0 saturated carbocycles. The number of benzene rings is 2. The number of para-hydroxylation sites is 2. The number of nitrogens with one attached hydrogen (secondary N) is 1. The van der Waals surface area contributed by atoms with Gasteiger partial charge in [0, 0.05) is 5.70 Å². The highest BCUT2D eigenvalue weighted by molar-refractivity contribution is 5.94. The van der Waals surface area contributed by atoms with E-state index in [1.807, 2.05) is 60.9 Å². The van der Waals surface area contributed by atoms with Crippen LogP contribution in [0.25, 0.3) is 11.0 Å². The van der Waals surface area contributed by atoms with E-state index in [2.05, 4.69) is 18.8 Å². The molecule has 1 aliphatic rings. The topological polar surface area (TPSA) is 74.6 Å². The first-order chi connectivity index (χ1) is 16.1. The smallest absolute Gasteiger partial charge is 0.338 e. The van der Waals surface area contributed by atoms with Gasteiger partial charge in [-0.25, -0.2) is 9.78 Å². The van der Waals surface area contributed by atoms with Crippen LogP contribution >= 0.6 is 0 Å². The molecule has 0 bridgehead atoms. The minimum Gasteiger partial charge on any atom is -0.490 e. The molecule has 0 spiro atoms. The Bertz CT molecular complexity index is 1210. The molecule has 0 saturated heterocycles. The van der Waals surface area contributed by atoms with Crippen LogP contribution in [-0.2, 0) is 9.53 Å². The SMILES string of the molecule is C=CCOC(=O)C1=C(C)Nc2nc3ccccc3n2[C@@H]1c1ccc(OCCC)c(OCC)c1. The first kappa shape index (κ1) is 22.5. The second-order valence-electron chi connectivity index (χ2n) is 7.74. The Morgan fingerprint density at radius 2 is 2.00 bits per heavy atom. The Morgan fingerprint density at radius 3 is 2.76 bits per heavy atom. The maximum absolute atomic E-state index is 13.2. The fourth-order valence-electron chi connectivity index (χ4n) is 4.05. The number of carbonyl (C=O) groups is 1. The summed E-state index contributed by atoms with van der Waals surface area (Å²) in [5, 5.41) is 3.28. The van der Waals surface area contributed by atoms with E-state index in [4.69, 9.17) is 19.2 Å². The number of rotatable bonds is 9. The highest BCUT2D eigenvalue weighted by Crippen LogP contribution is 2.42. The first-order valence-corrected chi connectivity index (χ1v) is 11.2. The minimum atomic E-state index is -0.453. The van der Waals surface area contributed by atoms with Crippen LogP contribution in [0.5, 0.6) is 11.5 Å². The molecule has 1 aliphatic heterocycles. The van der Waals surface area contributed by atoms with Crippen LogP contribution in [0.1, 0.15) is 38.8 Å². The van der Waals surface area contributed by atoms with E-state index in [1.54, 1.807) is 6.08 Å². The zero-order valence-corrected chi connectivity index (χ0v) is 19.3. The molecule has 4 rings (SSSR count). The Hall–Kier alpha value is -3.74. The zero-order chi connectivity index (χ0) is 23.4. The maximum Gasteiger partial charge on any atom is 0.338 e. The lowest BCUT2D eigenvalue weighted by Crippen LogP contribution is -2.29. The van der Waals surface area contributed by atoms with Crippen molar-refractivity contribution in [3.05, 3.63) is 72.0 Å². The Morgan fingerprint density at radius 1 is 1.18 bits per heavy atom. The van der Waals surface area contributed by atoms with Gasteiger partial charge in [-0.1, -0.05) is 37.8 Å². The van der Waals surface area contributed by atoms with E-state index in [0.717, 1.165) is 23.0 Å². The summed E-state index contributed by atoms with van der Waals surface area (Å²) < 4.78 is 19.3. The van der Waals surface area contributed by atoms with Crippen LogP contribution in [0, 0.1) is 0 Å². The molecule has 0 aliphatic carbocycles. The summed E-state index contributed by atoms with van der Waals surface area (Å²) in [5.41, 5.74) is 3.83. The summed E-state index contributed by atoms with van der Waals surface area (Å²) in [6, 6.07) is 13.2. The molecule has 3 aromatic rings. The van der Waals surface area contributed by atoms with E-state index in [0.29, 0.717) is 41.9 Å². The first-order valence-electron chi connectivity index (χ1n) is 11.2. The Kier molecular flexibility index (Phi) is 6.68. The molecule has 1 atom stereocenters. The van der Waals surface area contributed by atoms with E-state index < -0.39 is 12.0 Å². The van der Waals surface area contributed by atoms with Crippen molar-refractivity contribution in [2.24, 2.45) is 0 Å². The fourth-order valence-corrected chi connectivity index (χ4v) is 4.05. The van der Waals surface area contributed by atoms with Crippen LogP contribution in [0.2, 0.25) is 0 Å². The largest absolute Gasteiger partial charge is 0.490 e. The predicted molar refractivity (Wildman–Crippen MR) is 129 cm³/mol. The van der Waals surface area contributed by atoms with Gasteiger partial charge >= 0.3 is 5.97 Å². The maximum atomic E-state index is 13.2. The number of hydrogen-bond donors (Lipinski definition) is 1. The third-order valence-corrected chi connectivity index (χ3v) is 5.43. The number of esters is 1. The molecular weight excluding hydrogens is 418 g/mol. The molecule has 2 aromatic carbocycles. The summed E-state index contributed by atoms with van der Waals surface area (Å²) in [6.07, 6.45) is 2.46. The second kappa shape index (κ2) is 9.81. The average molecular weight is 448 g/mol. The van der Waals surface area contributed by atoms with Crippen molar-refractivity contribution >= 4 is 23.0 Å². The quantitative estimate of drug-likeness (QED) is 0.357. The van der Waals surface area contributed by atoms with Gasteiger partial charge < -0.3 is 19.5 Å². The zero-order valence-electron chi connectivity index (χ0n) is 19.3. The van der Waals surface area contributed by atoms with Crippen molar-refractivity contribution in [2.45, 2.75) is 33.2 Å². The van der Waals surface area contributed by atoms with E-state index in [9.17, 15) is 4.79 Å². The van der Waals surface area contributed by atoms with Crippen molar-refractivity contribution in [1.82, 2.24) is 9.55 Å².